The maximum absolute atomic E-state index is 11.8. The third-order valence-electron chi connectivity index (χ3n) is 6.10. The van der Waals surface area contributed by atoms with Crippen molar-refractivity contribution in [3.63, 3.8) is 0 Å². The first kappa shape index (κ1) is 25.4. The number of rotatable bonds is 18. The van der Waals surface area contributed by atoms with Gasteiger partial charge in [0.15, 0.2) is 0 Å². The lowest BCUT2D eigenvalue weighted by atomic mass is 9.83. The van der Waals surface area contributed by atoms with Crippen LogP contribution in [-0.2, 0) is 5.60 Å². The molecule has 0 aliphatic heterocycles. The van der Waals surface area contributed by atoms with Gasteiger partial charge in [0.25, 0.3) is 0 Å². The van der Waals surface area contributed by atoms with Crippen LogP contribution >= 0.6 is 22.7 Å². The Labute approximate surface area is 193 Å². The Balaban J connectivity index is 1.92. The summed E-state index contributed by atoms with van der Waals surface area (Å²) in [5.41, 5.74) is 0.502. The van der Waals surface area contributed by atoms with Crippen LogP contribution in [0.15, 0.2) is 41.6 Å². The maximum atomic E-state index is 11.8. The topological polar surface area (TPSA) is 20.2 Å². The summed E-state index contributed by atoms with van der Waals surface area (Å²) >= 11 is 3.56. The van der Waals surface area contributed by atoms with Crippen molar-refractivity contribution in [2.45, 2.75) is 109 Å². The molecule has 168 valence electrons. The molecule has 0 bridgehead atoms. The predicted molar refractivity (Wildman–Crippen MR) is 137 cm³/mol. The highest BCUT2D eigenvalue weighted by Gasteiger charge is 2.32. The first-order chi connectivity index (χ1) is 14.7. The van der Waals surface area contributed by atoms with Gasteiger partial charge in [-0.2, -0.15) is 0 Å². The zero-order valence-electron chi connectivity index (χ0n) is 19.0. The van der Waals surface area contributed by atoms with Crippen LogP contribution in [0.1, 0.15) is 109 Å². The Kier molecular flexibility index (Phi) is 12.7. The van der Waals surface area contributed by atoms with Crippen molar-refractivity contribution < 1.29 is 5.11 Å². The molecular weight excluding hydrogens is 404 g/mol. The summed E-state index contributed by atoms with van der Waals surface area (Å²) < 4.78 is 0. The highest BCUT2D eigenvalue weighted by Crippen LogP contribution is 2.43. The van der Waals surface area contributed by atoms with E-state index in [0.717, 1.165) is 32.1 Å². The molecule has 30 heavy (non-hydrogen) atoms. The van der Waals surface area contributed by atoms with Crippen LogP contribution in [0.4, 0.5) is 0 Å². The molecule has 0 aliphatic rings. The largest absolute Gasteiger partial charge is 0.385 e. The van der Waals surface area contributed by atoms with E-state index < -0.39 is 5.60 Å². The van der Waals surface area contributed by atoms with Gasteiger partial charge in [-0.15, -0.1) is 29.3 Å². The van der Waals surface area contributed by atoms with Crippen molar-refractivity contribution in [1.82, 2.24) is 0 Å². The Bertz CT molecular complexity index is 673. The van der Waals surface area contributed by atoms with Gasteiger partial charge in [0.05, 0.1) is 10.5 Å². The van der Waals surface area contributed by atoms with Crippen molar-refractivity contribution in [3.05, 3.63) is 47.2 Å². The normalized spacial score (nSPS) is 13.4. The lowest BCUT2D eigenvalue weighted by Crippen LogP contribution is -2.26. The van der Waals surface area contributed by atoms with Crippen molar-refractivity contribution in [1.29, 1.82) is 0 Å². The molecular formula is C27H42OS2. The number of allylic oxidation sites excluding steroid dienone is 1. The van der Waals surface area contributed by atoms with Crippen LogP contribution < -0.4 is 0 Å². The van der Waals surface area contributed by atoms with Crippen molar-refractivity contribution in [2.75, 3.05) is 0 Å². The molecule has 0 aromatic carbocycles. The lowest BCUT2D eigenvalue weighted by Gasteiger charge is -2.29. The van der Waals surface area contributed by atoms with Crippen LogP contribution in [0.5, 0.6) is 0 Å². The van der Waals surface area contributed by atoms with Crippen LogP contribution in [-0.4, -0.2) is 5.11 Å². The highest BCUT2D eigenvalue weighted by atomic mass is 32.1. The first-order valence-corrected chi connectivity index (χ1v) is 13.9. The number of hydrogen-bond acceptors (Lipinski definition) is 3. The van der Waals surface area contributed by atoms with Gasteiger partial charge >= 0.3 is 0 Å². The Morgan fingerprint density at radius 2 is 1.47 bits per heavy atom. The molecule has 0 saturated heterocycles. The average molecular weight is 447 g/mol. The molecule has 0 fully saturated rings. The molecule has 0 aliphatic carbocycles. The monoisotopic (exact) mass is 446 g/mol. The summed E-state index contributed by atoms with van der Waals surface area (Å²) in [6.45, 7) is 6.07. The van der Waals surface area contributed by atoms with Crippen molar-refractivity contribution in [2.24, 2.45) is 0 Å². The number of unbranched alkanes of at least 4 members (excludes halogenated alkanes) is 11. The second kappa shape index (κ2) is 15.0. The Morgan fingerprint density at radius 3 is 2.07 bits per heavy atom. The van der Waals surface area contributed by atoms with Gasteiger partial charge in [-0.1, -0.05) is 89.7 Å². The quantitative estimate of drug-likeness (QED) is 0.178. The van der Waals surface area contributed by atoms with Gasteiger partial charge in [0.2, 0.25) is 0 Å². The minimum atomic E-state index is -0.674. The third-order valence-corrected chi connectivity index (χ3v) is 8.07. The molecule has 1 unspecified atom stereocenters. The summed E-state index contributed by atoms with van der Waals surface area (Å²) in [4.78, 5) is 2.58. The third kappa shape index (κ3) is 8.69. The molecule has 0 spiro atoms. The first-order valence-electron chi connectivity index (χ1n) is 12.2. The van der Waals surface area contributed by atoms with E-state index in [2.05, 4.69) is 42.5 Å². The molecule has 0 saturated carbocycles. The molecule has 3 heteroatoms. The van der Waals surface area contributed by atoms with Gasteiger partial charge in [-0.3, -0.25) is 0 Å². The molecule has 1 N–H and O–H groups in total. The summed E-state index contributed by atoms with van der Waals surface area (Å²) in [7, 11) is 0. The zero-order valence-corrected chi connectivity index (χ0v) is 20.7. The molecule has 0 radical (unpaired) electrons. The fourth-order valence-corrected chi connectivity index (χ4v) is 6.16. The SMILES string of the molecule is C=CCCCCCCCCC(O)(CCCCCCCC)c1ccsc1-c1cccs1. The van der Waals surface area contributed by atoms with Gasteiger partial charge in [-0.25, -0.2) is 0 Å². The van der Waals surface area contributed by atoms with Crippen molar-refractivity contribution >= 4 is 22.7 Å². The summed E-state index contributed by atoms with van der Waals surface area (Å²) in [6.07, 6.45) is 20.1. The molecule has 2 aromatic rings. The summed E-state index contributed by atoms with van der Waals surface area (Å²) in [6, 6.07) is 6.49. The van der Waals surface area contributed by atoms with Gasteiger partial charge in [-0.05, 0) is 48.6 Å². The highest BCUT2D eigenvalue weighted by molar-refractivity contribution is 7.20. The predicted octanol–water partition coefficient (Wildman–Crippen LogP) is 9.72. The minimum Gasteiger partial charge on any atom is -0.385 e. The Hall–Kier alpha value is -0.900. The molecule has 2 rings (SSSR count). The van der Waals surface area contributed by atoms with E-state index >= 15 is 0 Å². The maximum Gasteiger partial charge on any atom is 0.0911 e. The van der Waals surface area contributed by atoms with E-state index in [1.54, 1.807) is 22.7 Å². The van der Waals surface area contributed by atoms with Crippen LogP contribution in [0.25, 0.3) is 9.75 Å². The van der Waals surface area contributed by atoms with E-state index in [1.807, 2.05) is 6.08 Å². The zero-order chi connectivity index (χ0) is 21.5. The average Bonchev–Trinajstić information content (AvgIpc) is 3.44. The summed E-state index contributed by atoms with van der Waals surface area (Å²) in [5, 5.41) is 16.1. The van der Waals surface area contributed by atoms with Crippen molar-refractivity contribution in [3.8, 4) is 9.75 Å². The smallest absolute Gasteiger partial charge is 0.0911 e. The number of hydrogen-bond donors (Lipinski definition) is 1. The molecule has 2 aromatic heterocycles. The second-order valence-electron chi connectivity index (χ2n) is 8.64. The molecule has 0 amide bonds. The molecule has 2 heterocycles. The van der Waals surface area contributed by atoms with E-state index in [4.69, 9.17) is 0 Å². The van der Waals surface area contributed by atoms with Gasteiger partial charge < -0.3 is 5.11 Å². The number of aliphatic hydroxyl groups is 1. The van der Waals surface area contributed by atoms with E-state index in [1.165, 1.54) is 79.5 Å². The molecule has 1 atom stereocenters. The fourth-order valence-electron chi connectivity index (χ4n) is 4.28. The van der Waals surface area contributed by atoms with E-state index in [9.17, 15) is 5.11 Å². The molecule has 1 nitrogen and oxygen atoms in total. The van der Waals surface area contributed by atoms with Crippen LogP contribution in [0, 0.1) is 0 Å². The van der Waals surface area contributed by atoms with E-state index in [0.29, 0.717) is 0 Å². The number of thiophene rings is 2. The van der Waals surface area contributed by atoms with Gasteiger partial charge in [0.1, 0.15) is 0 Å². The Morgan fingerprint density at radius 1 is 0.833 bits per heavy atom. The second-order valence-corrected chi connectivity index (χ2v) is 10.5. The van der Waals surface area contributed by atoms with Crippen LogP contribution in [0.3, 0.4) is 0 Å². The fraction of sp³-hybridized carbons (Fsp3) is 0.630. The standard InChI is InChI=1S/C27H42OS2/c1-3-5-7-9-11-12-14-16-21-27(28,20-15-13-10-8-6-4-2)24-19-23-30-26(24)25-18-17-22-29-25/h3,17-19,22-23,28H,1,4-16,20-21H2,2H3. The van der Waals surface area contributed by atoms with Gasteiger partial charge in [0, 0.05) is 10.4 Å². The van der Waals surface area contributed by atoms with Crippen LogP contribution in [0.2, 0.25) is 0 Å². The summed E-state index contributed by atoms with van der Waals surface area (Å²) in [5.74, 6) is 0. The minimum absolute atomic E-state index is 0.674. The van der Waals surface area contributed by atoms with E-state index in [-0.39, 0.29) is 0 Å². The lowest BCUT2D eigenvalue weighted by molar-refractivity contribution is 0.0141.